The van der Waals surface area contributed by atoms with Crippen LogP contribution in [0.2, 0.25) is 0 Å². The lowest BCUT2D eigenvalue weighted by molar-refractivity contribution is -0.169. The monoisotopic (exact) mass is 346 g/mol. The summed E-state index contributed by atoms with van der Waals surface area (Å²) < 4.78 is 6.05. The van der Waals surface area contributed by atoms with Crippen LogP contribution in [0.15, 0.2) is 0 Å². The Morgan fingerprint density at radius 3 is 2.24 bits per heavy atom. The van der Waals surface area contributed by atoms with Gasteiger partial charge in [0.1, 0.15) is 6.10 Å². The zero-order valence-electron chi connectivity index (χ0n) is 15.3. The summed E-state index contributed by atoms with van der Waals surface area (Å²) in [6.45, 7) is 4.34. The Labute approximate surface area is 149 Å². The first kappa shape index (κ1) is 16.1. The van der Waals surface area contributed by atoms with Crippen LogP contribution in [0.4, 0.5) is 0 Å². The third-order valence-corrected chi connectivity index (χ3v) is 9.23. The number of carboxylic acid groups (broad SMARTS) is 1. The van der Waals surface area contributed by atoms with Gasteiger partial charge in [-0.3, -0.25) is 9.59 Å². The number of ether oxygens (including phenoxy) is 1. The average molecular weight is 346 g/mol. The van der Waals surface area contributed by atoms with Crippen molar-refractivity contribution in [1.29, 1.82) is 0 Å². The van der Waals surface area contributed by atoms with E-state index < -0.39 is 17.8 Å². The first-order chi connectivity index (χ1) is 12.0. The summed E-state index contributed by atoms with van der Waals surface area (Å²) in [6, 6.07) is 0. The maximum Gasteiger partial charge on any atom is 0.310 e. The molecule has 4 bridgehead atoms. The molecule has 5 aliphatic rings. The van der Waals surface area contributed by atoms with E-state index in [1.165, 1.54) is 25.7 Å². The van der Waals surface area contributed by atoms with Gasteiger partial charge in [-0.25, -0.2) is 0 Å². The average Bonchev–Trinajstić information content (AvgIpc) is 3.32. The molecule has 5 saturated carbocycles. The van der Waals surface area contributed by atoms with Gasteiger partial charge in [-0.1, -0.05) is 20.3 Å². The Morgan fingerprint density at radius 2 is 1.52 bits per heavy atom. The fourth-order valence-corrected chi connectivity index (χ4v) is 8.03. The molecule has 0 heterocycles. The van der Waals surface area contributed by atoms with Crippen molar-refractivity contribution in [1.82, 2.24) is 0 Å². The molecule has 0 aromatic carbocycles. The Morgan fingerprint density at radius 1 is 0.840 bits per heavy atom. The van der Waals surface area contributed by atoms with Crippen LogP contribution in [0.5, 0.6) is 0 Å². The van der Waals surface area contributed by atoms with Crippen molar-refractivity contribution in [3.8, 4) is 0 Å². The van der Waals surface area contributed by atoms with E-state index >= 15 is 0 Å². The van der Waals surface area contributed by atoms with Gasteiger partial charge in [0.25, 0.3) is 0 Å². The van der Waals surface area contributed by atoms with E-state index in [4.69, 9.17) is 4.74 Å². The minimum absolute atomic E-state index is 0.0677. The van der Waals surface area contributed by atoms with Crippen LogP contribution in [-0.4, -0.2) is 23.1 Å². The number of carbonyl (C=O) groups excluding carboxylic acids is 1. The predicted octanol–water partition coefficient (Wildman–Crippen LogP) is 3.59. The SMILES string of the molecule is CC1C(C)C2CC1C(C(=O)O)C2C(=O)OC1CC2CC1C1CCCC21. The lowest BCUT2D eigenvalue weighted by atomic mass is 9.69. The van der Waals surface area contributed by atoms with E-state index in [9.17, 15) is 14.7 Å². The molecule has 0 aliphatic heterocycles. The second-order valence-corrected chi connectivity index (χ2v) is 9.80. The van der Waals surface area contributed by atoms with Crippen molar-refractivity contribution in [3.05, 3.63) is 0 Å². The van der Waals surface area contributed by atoms with Gasteiger partial charge in [0.2, 0.25) is 0 Å². The lowest BCUT2D eigenvalue weighted by Crippen LogP contribution is -2.43. The van der Waals surface area contributed by atoms with Crippen LogP contribution < -0.4 is 0 Å². The topological polar surface area (TPSA) is 63.6 Å². The highest BCUT2D eigenvalue weighted by Crippen LogP contribution is 2.61. The zero-order valence-corrected chi connectivity index (χ0v) is 15.3. The fourth-order valence-electron chi connectivity index (χ4n) is 8.03. The molecule has 25 heavy (non-hydrogen) atoms. The first-order valence-electron chi connectivity index (χ1n) is 10.4. The second-order valence-electron chi connectivity index (χ2n) is 9.80. The minimum atomic E-state index is -0.794. The lowest BCUT2D eigenvalue weighted by Gasteiger charge is -2.37. The molecule has 138 valence electrons. The Hall–Kier alpha value is -1.06. The molecule has 0 spiro atoms. The molecule has 5 rings (SSSR count). The van der Waals surface area contributed by atoms with E-state index in [-0.39, 0.29) is 23.9 Å². The molecule has 5 aliphatic carbocycles. The highest BCUT2D eigenvalue weighted by molar-refractivity contribution is 5.83. The van der Waals surface area contributed by atoms with Crippen LogP contribution in [0.25, 0.3) is 0 Å². The van der Waals surface area contributed by atoms with Crippen LogP contribution in [-0.2, 0) is 14.3 Å². The summed E-state index contributed by atoms with van der Waals surface area (Å²) in [6.07, 6.45) is 7.24. The Balaban J connectivity index is 1.32. The number of carboxylic acids is 1. The van der Waals surface area contributed by atoms with Crippen LogP contribution in [0.1, 0.15) is 52.4 Å². The van der Waals surface area contributed by atoms with Crippen molar-refractivity contribution in [3.63, 3.8) is 0 Å². The number of esters is 1. The van der Waals surface area contributed by atoms with Gasteiger partial charge >= 0.3 is 11.9 Å². The Kier molecular flexibility index (Phi) is 3.53. The molecule has 11 atom stereocenters. The number of hydrogen-bond acceptors (Lipinski definition) is 3. The minimum Gasteiger partial charge on any atom is -0.481 e. The normalized spacial score (nSPS) is 55.5. The summed E-state index contributed by atoms with van der Waals surface area (Å²) >= 11 is 0. The molecule has 4 heteroatoms. The highest BCUT2D eigenvalue weighted by Gasteiger charge is 2.61. The molecule has 5 fully saturated rings. The quantitative estimate of drug-likeness (QED) is 0.793. The van der Waals surface area contributed by atoms with Crippen molar-refractivity contribution in [2.24, 2.45) is 59.2 Å². The molecule has 1 N–H and O–H groups in total. The Bertz CT molecular complexity index is 601. The smallest absolute Gasteiger partial charge is 0.310 e. The van der Waals surface area contributed by atoms with Crippen molar-refractivity contribution in [2.75, 3.05) is 0 Å². The third-order valence-electron chi connectivity index (χ3n) is 9.23. The summed E-state index contributed by atoms with van der Waals surface area (Å²) in [5.41, 5.74) is 0. The number of aliphatic carboxylic acids is 1. The summed E-state index contributed by atoms with van der Waals surface area (Å²) in [5, 5.41) is 9.74. The van der Waals surface area contributed by atoms with E-state index in [1.54, 1.807) is 0 Å². The van der Waals surface area contributed by atoms with Crippen LogP contribution in [0.3, 0.4) is 0 Å². The van der Waals surface area contributed by atoms with Gasteiger partial charge in [0.05, 0.1) is 11.8 Å². The van der Waals surface area contributed by atoms with Crippen molar-refractivity contribution in [2.45, 2.75) is 58.5 Å². The van der Waals surface area contributed by atoms with Gasteiger partial charge in [0.15, 0.2) is 0 Å². The third kappa shape index (κ3) is 2.12. The van der Waals surface area contributed by atoms with Crippen LogP contribution in [0, 0.1) is 59.2 Å². The molecule has 11 unspecified atom stereocenters. The fraction of sp³-hybridized carbons (Fsp3) is 0.905. The summed E-state index contributed by atoms with van der Waals surface area (Å²) in [4.78, 5) is 24.9. The standard InChI is InChI=1S/C21H30O4/c1-9-10(2)15-8-14(9)18(20(22)23)19(15)21(24)25-17-7-11-6-16(17)13-5-3-4-12(11)13/h9-19H,3-8H2,1-2H3,(H,22,23). The largest absolute Gasteiger partial charge is 0.481 e. The number of carbonyl (C=O) groups is 2. The molecule has 4 nitrogen and oxygen atoms in total. The van der Waals surface area contributed by atoms with Gasteiger partial charge < -0.3 is 9.84 Å². The summed E-state index contributed by atoms with van der Waals surface area (Å²) in [5.74, 6) is 2.22. The van der Waals surface area contributed by atoms with Crippen molar-refractivity contribution < 1.29 is 19.4 Å². The maximum absolute atomic E-state index is 13.0. The number of rotatable bonds is 3. The summed E-state index contributed by atoms with van der Waals surface area (Å²) in [7, 11) is 0. The zero-order chi connectivity index (χ0) is 17.5. The van der Waals surface area contributed by atoms with E-state index in [1.807, 2.05) is 0 Å². The second kappa shape index (κ2) is 5.47. The molecule has 0 aromatic rings. The van der Waals surface area contributed by atoms with Gasteiger partial charge in [0, 0.05) is 0 Å². The molecular weight excluding hydrogens is 316 g/mol. The predicted molar refractivity (Wildman–Crippen MR) is 91.5 cm³/mol. The van der Waals surface area contributed by atoms with Gasteiger partial charge in [-0.15, -0.1) is 0 Å². The van der Waals surface area contributed by atoms with Crippen molar-refractivity contribution >= 4 is 11.9 Å². The molecule has 0 saturated heterocycles. The van der Waals surface area contributed by atoms with Gasteiger partial charge in [-0.2, -0.15) is 0 Å². The van der Waals surface area contributed by atoms with E-state index in [0.717, 1.165) is 30.6 Å². The van der Waals surface area contributed by atoms with E-state index in [0.29, 0.717) is 17.8 Å². The maximum atomic E-state index is 13.0. The highest BCUT2D eigenvalue weighted by atomic mass is 16.5. The molecule has 0 radical (unpaired) electrons. The molecule has 0 amide bonds. The van der Waals surface area contributed by atoms with E-state index in [2.05, 4.69) is 13.8 Å². The number of fused-ring (bicyclic) bond motifs is 7. The van der Waals surface area contributed by atoms with Crippen LogP contribution >= 0.6 is 0 Å². The molecular formula is C21H30O4. The number of hydrogen-bond donors (Lipinski definition) is 1. The van der Waals surface area contributed by atoms with Gasteiger partial charge in [-0.05, 0) is 79.4 Å². The molecule has 0 aromatic heterocycles. The first-order valence-corrected chi connectivity index (χ1v) is 10.4.